The van der Waals surface area contributed by atoms with Gasteiger partial charge in [-0.05, 0) is 6.42 Å². The van der Waals surface area contributed by atoms with E-state index in [-0.39, 0.29) is 6.04 Å². The third-order valence-corrected chi connectivity index (χ3v) is 2.04. The molecule has 0 aliphatic rings. The summed E-state index contributed by atoms with van der Waals surface area (Å²) in [6, 6.07) is 0.202. The molecule has 0 radical (unpaired) electrons. The van der Waals surface area contributed by atoms with E-state index in [1.807, 2.05) is 13.8 Å². The maximum Gasteiger partial charge on any atom is 0.330 e. The molecule has 0 aromatic rings. The fourth-order valence-electron chi connectivity index (χ4n) is 0.980. The van der Waals surface area contributed by atoms with Crippen molar-refractivity contribution < 1.29 is 22.3 Å². The van der Waals surface area contributed by atoms with Crippen molar-refractivity contribution >= 4 is 0 Å². The van der Waals surface area contributed by atoms with Gasteiger partial charge < -0.3 is 10.1 Å². The Morgan fingerprint density at radius 1 is 1.25 bits per heavy atom. The molecule has 0 spiro atoms. The van der Waals surface area contributed by atoms with Gasteiger partial charge in [0.15, 0.2) is 0 Å². The van der Waals surface area contributed by atoms with E-state index in [0.29, 0.717) is 13.0 Å². The summed E-state index contributed by atoms with van der Waals surface area (Å²) in [7, 11) is 0. The lowest BCUT2D eigenvalue weighted by molar-refractivity contribution is -0.175. The summed E-state index contributed by atoms with van der Waals surface area (Å²) in [4.78, 5) is 0. The van der Waals surface area contributed by atoms with Gasteiger partial charge in [-0.25, -0.2) is 8.78 Å². The Hall–Kier alpha value is -0.360. The number of nitrogens with one attached hydrogen (secondary N) is 1. The van der Waals surface area contributed by atoms with E-state index in [2.05, 4.69) is 5.32 Å². The second-order valence-corrected chi connectivity index (χ2v) is 3.97. The van der Waals surface area contributed by atoms with Crippen LogP contribution in [0.1, 0.15) is 27.2 Å². The number of halogens is 4. The van der Waals surface area contributed by atoms with Crippen LogP contribution in [0.4, 0.5) is 17.6 Å². The fourth-order valence-corrected chi connectivity index (χ4v) is 0.980. The minimum absolute atomic E-state index is 0.202. The maximum absolute atomic E-state index is 12.5. The van der Waals surface area contributed by atoms with Gasteiger partial charge in [-0.3, -0.25) is 0 Å². The van der Waals surface area contributed by atoms with E-state index in [1.54, 1.807) is 6.92 Å². The summed E-state index contributed by atoms with van der Waals surface area (Å²) < 4.78 is 53.5. The van der Waals surface area contributed by atoms with Crippen molar-refractivity contribution in [1.82, 2.24) is 5.32 Å². The van der Waals surface area contributed by atoms with Crippen LogP contribution in [0.3, 0.4) is 0 Å². The minimum Gasteiger partial charge on any atom is -0.370 e. The third kappa shape index (κ3) is 6.27. The summed E-state index contributed by atoms with van der Waals surface area (Å²) in [5, 5.41) is 3.00. The smallest absolute Gasteiger partial charge is 0.330 e. The van der Waals surface area contributed by atoms with Gasteiger partial charge in [0.05, 0.1) is 6.10 Å². The molecule has 0 amide bonds. The highest BCUT2D eigenvalue weighted by Crippen LogP contribution is 2.23. The van der Waals surface area contributed by atoms with Crippen molar-refractivity contribution in [3.8, 4) is 0 Å². The van der Waals surface area contributed by atoms with Crippen LogP contribution in [0.2, 0.25) is 0 Å². The summed E-state index contributed by atoms with van der Waals surface area (Å²) in [6.07, 6.45) is -3.64. The van der Waals surface area contributed by atoms with Crippen LogP contribution >= 0.6 is 0 Å². The fraction of sp³-hybridized carbons (Fsp3) is 1.00. The van der Waals surface area contributed by atoms with Crippen molar-refractivity contribution in [3.63, 3.8) is 0 Å². The van der Waals surface area contributed by atoms with E-state index < -0.39 is 25.1 Å². The van der Waals surface area contributed by atoms with Crippen LogP contribution in [-0.4, -0.2) is 37.6 Å². The predicted molar refractivity (Wildman–Crippen MR) is 54.1 cm³/mol. The van der Waals surface area contributed by atoms with Gasteiger partial charge >= 0.3 is 12.3 Å². The molecule has 0 aromatic carbocycles. The topological polar surface area (TPSA) is 21.3 Å². The van der Waals surface area contributed by atoms with Crippen LogP contribution in [-0.2, 0) is 4.74 Å². The first-order valence-electron chi connectivity index (χ1n) is 5.30. The summed E-state index contributed by atoms with van der Waals surface area (Å²) in [6.45, 7) is 4.71. The van der Waals surface area contributed by atoms with E-state index in [1.165, 1.54) is 0 Å². The molecule has 0 aliphatic heterocycles. The van der Waals surface area contributed by atoms with Gasteiger partial charge in [0, 0.05) is 12.6 Å². The summed E-state index contributed by atoms with van der Waals surface area (Å²) in [5.74, 6) is -4.06. The average molecular weight is 245 g/mol. The van der Waals surface area contributed by atoms with Gasteiger partial charge in [0.25, 0.3) is 0 Å². The number of alkyl halides is 4. The van der Waals surface area contributed by atoms with Crippen LogP contribution in [0.15, 0.2) is 0 Å². The highest BCUT2D eigenvalue weighted by Gasteiger charge is 2.41. The molecule has 1 atom stereocenters. The number of hydrogen-bond donors (Lipinski definition) is 1. The van der Waals surface area contributed by atoms with E-state index in [9.17, 15) is 17.6 Å². The second-order valence-electron chi connectivity index (χ2n) is 3.97. The zero-order valence-corrected chi connectivity index (χ0v) is 9.77. The molecule has 2 nitrogen and oxygen atoms in total. The first-order valence-corrected chi connectivity index (χ1v) is 5.30. The molecule has 0 bridgehead atoms. The van der Waals surface area contributed by atoms with E-state index in [0.717, 1.165) is 0 Å². The largest absolute Gasteiger partial charge is 0.370 e. The summed E-state index contributed by atoms with van der Waals surface area (Å²) in [5.41, 5.74) is 0. The third-order valence-electron chi connectivity index (χ3n) is 2.04. The molecule has 98 valence electrons. The Morgan fingerprint density at radius 2 is 1.81 bits per heavy atom. The molecule has 0 aliphatic carbocycles. The lowest BCUT2D eigenvalue weighted by Gasteiger charge is -2.22. The molecular formula is C10H19F4NO. The molecule has 1 unspecified atom stereocenters. The zero-order valence-electron chi connectivity index (χ0n) is 9.77. The predicted octanol–water partition coefficient (Wildman–Crippen LogP) is 2.68. The van der Waals surface area contributed by atoms with Crippen LogP contribution in [0, 0.1) is 0 Å². The molecular weight excluding hydrogens is 226 g/mol. The highest BCUT2D eigenvalue weighted by atomic mass is 19.3. The molecule has 6 heteroatoms. The molecule has 1 N–H and O–H groups in total. The Kier molecular flexibility index (Phi) is 6.90. The Morgan fingerprint density at radius 3 is 2.19 bits per heavy atom. The second kappa shape index (κ2) is 7.06. The van der Waals surface area contributed by atoms with Gasteiger partial charge in [-0.1, -0.05) is 20.8 Å². The van der Waals surface area contributed by atoms with Crippen LogP contribution < -0.4 is 5.32 Å². The van der Waals surface area contributed by atoms with Gasteiger partial charge in [-0.15, -0.1) is 0 Å². The van der Waals surface area contributed by atoms with E-state index >= 15 is 0 Å². The van der Waals surface area contributed by atoms with Crippen LogP contribution in [0.25, 0.3) is 0 Å². The Balaban J connectivity index is 3.95. The van der Waals surface area contributed by atoms with Crippen molar-refractivity contribution in [1.29, 1.82) is 0 Å². The number of ether oxygens (including phenoxy) is 1. The van der Waals surface area contributed by atoms with Crippen LogP contribution in [0.5, 0.6) is 0 Å². The maximum atomic E-state index is 12.5. The first-order chi connectivity index (χ1) is 7.29. The zero-order chi connectivity index (χ0) is 12.8. The quantitative estimate of drug-likeness (QED) is 0.664. The summed E-state index contributed by atoms with van der Waals surface area (Å²) >= 11 is 0. The average Bonchev–Trinajstić information content (AvgIpc) is 2.17. The molecule has 0 heterocycles. The first kappa shape index (κ1) is 15.6. The molecule has 0 saturated carbocycles. The monoisotopic (exact) mass is 245 g/mol. The van der Waals surface area contributed by atoms with Gasteiger partial charge in [-0.2, -0.15) is 8.78 Å². The molecule has 0 rings (SSSR count). The molecule has 0 saturated heterocycles. The number of hydrogen-bond acceptors (Lipinski definition) is 2. The molecule has 0 fully saturated rings. The van der Waals surface area contributed by atoms with Crippen molar-refractivity contribution in [2.24, 2.45) is 0 Å². The normalized spacial score (nSPS) is 14.8. The molecule has 0 aromatic heterocycles. The van der Waals surface area contributed by atoms with Crippen molar-refractivity contribution in [2.75, 3.05) is 13.2 Å². The SMILES string of the molecule is CCC(CNC(C)C)OCC(F)(F)C(F)F. The van der Waals surface area contributed by atoms with Crippen molar-refractivity contribution in [2.45, 2.75) is 51.7 Å². The molecule has 16 heavy (non-hydrogen) atoms. The lowest BCUT2D eigenvalue weighted by atomic mass is 10.2. The standard InChI is InChI=1S/C10H19F4NO/c1-4-8(5-15-7(2)3)16-6-10(13,14)9(11)12/h7-9,15H,4-6H2,1-3H3. The van der Waals surface area contributed by atoms with E-state index in [4.69, 9.17) is 4.74 Å². The highest BCUT2D eigenvalue weighted by molar-refractivity contribution is 4.70. The van der Waals surface area contributed by atoms with Gasteiger partial charge in [0.2, 0.25) is 0 Å². The minimum atomic E-state index is -4.06. The Bertz CT molecular complexity index is 188. The lowest BCUT2D eigenvalue weighted by Crippen LogP contribution is -2.38. The van der Waals surface area contributed by atoms with Gasteiger partial charge in [0.1, 0.15) is 6.61 Å². The van der Waals surface area contributed by atoms with Crippen molar-refractivity contribution in [3.05, 3.63) is 0 Å². The number of rotatable bonds is 8. The Labute approximate surface area is 93.3 Å².